The lowest BCUT2D eigenvalue weighted by molar-refractivity contribution is 0.0941. The summed E-state index contributed by atoms with van der Waals surface area (Å²) < 4.78 is 1.74. The number of fused-ring (bicyclic) bond motifs is 1. The van der Waals surface area contributed by atoms with Gasteiger partial charge in [-0.2, -0.15) is 5.10 Å². The highest BCUT2D eigenvalue weighted by Gasteiger charge is 2.38. The Bertz CT molecular complexity index is 754. The molecule has 0 amide bonds. The maximum Gasteiger partial charge on any atom is 0.193 e. The van der Waals surface area contributed by atoms with Gasteiger partial charge in [-0.05, 0) is 31.6 Å². The number of rotatable bonds is 4. The van der Waals surface area contributed by atoms with Crippen LogP contribution in [0, 0.1) is 17.8 Å². The second-order valence-corrected chi connectivity index (χ2v) is 10.3. The molecule has 0 N–H and O–H groups in total. The van der Waals surface area contributed by atoms with Crippen LogP contribution in [0.4, 0.5) is 5.69 Å². The highest BCUT2D eigenvalue weighted by molar-refractivity contribution is 6.16. The van der Waals surface area contributed by atoms with E-state index in [2.05, 4.69) is 44.6 Å². The average Bonchev–Trinajstić information content (AvgIpc) is 2.95. The summed E-state index contributed by atoms with van der Waals surface area (Å²) in [5.74, 6) is 2.15. The minimum atomic E-state index is -0.210. The molecule has 29 heavy (non-hydrogen) atoms. The second-order valence-electron chi connectivity index (χ2n) is 10.3. The Hall–Kier alpha value is -1.65. The molecule has 1 aromatic heterocycles. The molecule has 0 spiro atoms. The molecule has 166 valence electrons. The standard InChI is InChI=1S/C23H38N4O.CH4.H2/c1-15(2)13-27(14-17-11-9-8-10-12-17)22-16(3)20(28)19-18(24-22)21(23(4,5)6)25-26(19)7;;/h15-17H,8-14H2,1-7H3;1H4;1H. The maximum atomic E-state index is 13.3. The van der Waals surface area contributed by atoms with Crippen molar-refractivity contribution in [1.29, 1.82) is 0 Å². The van der Waals surface area contributed by atoms with Gasteiger partial charge in [0.05, 0.1) is 11.6 Å². The van der Waals surface area contributed by atoms with E-state index in [1.54, 1.807) is 4.68 Å². The quantitative estimate of drug-likeness (QED) is 0.618. The van der Waals surface area contributed by atoms with E-state index in [9.17, 15) is 4.79 Å². The van der Waals surface area contributed by atoms with Gasteiger partial charge in [0, 0.05) is 27.0 Å². The molecule has 1 unspecified atom stereocenters. The molecule has 1 aliphatic carbocycles. The van der Waals surface area contributed by atoms with Crippen LogP contribution in [0.3, 0.4) is 0 Å². The number of hydrogen-bond acceptors (Lipinski definition) is 4. The van der Waals surface area contributed by atoms with Crippen molar-refractivity contribution in [3.8, 4) is 0 Å². The summed E-state index contributed by atoms with van der Waals surface area (Å²) in [6.07, 6.45) is 6.64. The van der Waals surface area contributed by atoms with Crippen molar-refractivity contribution < 1.29 is 6.22 Å². The summed E-state index contributed by atoms with van der Waals surface area (Å²) in [6, 6.07) is 0. The fraction of sp³-hybridized carbons (Fsp3) is 0.792. The van der Waals surface area contributed by atoms with E-state index in [4.69, 9.17) is 4.99 Å². The highest BCUT2D eigenvalue weighted by atomic mass is 16.1. The zero-order chi connectivity index (χ0) is 20.6. The number of amidine groups is 1. The molecule has 1 fully saturated rings. The Balaban J connectivity index is 0.00000225. The summed E-state index contributed by atoms with van der Waals surface area (Å²) in [5, 5.41) is 4.69. The summed E-state index contributed by atoms with van der Waals surface area (Å²) in [5.41, 5.74) is 2.24. The summed E-state index contributed by atoms with van der Waals surface area (Å²) in [7, 11) is 1.87. The predicted molar refractivity (Wildman–Crippen MR) is 124 cm³/mol. The molecule has 5 nitrogen and oxygen atoms in total. The molecule has 0 aromatic carbocycles. The SMILES string of the molecule is C.CC(C)CN(CC1CCCCC1)C1=Nc2c(C(C)(C)C)nn(C)c2C(=O)C1C.[HH]. The Morgan fingerprint density at radius 1 is 1.21 bits per heavy atom. The third-order valence-corrected chi connectivity index (χ3v) is 6.09. The van der Waals surface area contributed by atoms with E-state index >= 15 is 0 Å². The molecule has 1 aliphatic heterocycles. The highest BCUT2D eigenvalue weighted by Crippen LogP contribution is 2.38. The fourth-order valence-corrected chi connectivity index (χ4v) is 4.66. The fourth-order valence-electron chi connectivity index (χ4n) is 4.66. The van der Waals surface area contributed by atoms with Crippen LogP contribution in [0.25, 0.3) is 0 Å². The van der Waals surface area contributed by atoms with Gasteiger partial charge >= 0.3 is 0 Å². The van der Waals surface area contributed by atoms with Gasteiger partial charge in [-0.3, -0.25) is 9.48 Å². The number of nitrogens with zero attached hydrogens (tertiary/aromatic N) is 4. The number of Topliss-reactive ketones (excluding diaryl/α,β-unsaturated/α-hetero) is 1. The van der Waals surface area contributed by atoms with Gasteiger partial charge in [0.2, 0.25) is 0 Å². The Kier molecular flexibility index (Phi) is 7.34. The van der Waals surface area contributed by atoms with E-state index in [1.807, 2.05) is 14.0 Å². The van der Waals surface area contributed by atoms with E-state index in [0.29, 0.717) is 11.6 Å². The van der Waals surface area contributed by atoms with Crippen LogP contribution < -0.4 is 0 Å². The van der Waals surface area contributed by atoms with E-state index < -0.39 is 0 Å². The molecular formula is C24H44N4O. The van der Waals surface area contributed by atoms with E-state index in [1.165, 1.54) is 32.1 Å². The molecule has 1 aromatic rings. The van der Waals surface area contributed by atoms with Gasteiger partial charge in [0.15, 0.2) is 5.78 Å². The smallest absolute Gasteiger partial charge is 0.193 e. The molecule has 0 bridgehead atoms. The first-order chi connectivity index (χ1) is 13.1. The van der Waals surface area contributed by atoms with Crippen molar-refractivity contribution in [2.45, 2.75) is 86.5 Å². The topological polar surface area (TPSA) is 50.5 Å². The zero-order valence-electron chi connectivity index (χ0n) is 18.9. The Morgan fingerprint density at radius 2 is 1.83 bits per heavy atom. The molecule has 3 rings (SSSR count). The van der Waals surface area contributed by atoms with E-state index in [-0.39, 0.29) is 26.0 Å². The van der Waals surface area contributed by atoms with Crippen molar-refractivity contribution in [2.24, 2.45) is 29.8 Å². The van der Waals surface area contributed by atoms with Crippen LogP contribution in [0.2, 0.25) is 0 Å². The normalized spacial score (nSPS) is 20.3. The molecule has 0 radical (unpaired) electrons. The first-order valence-electron chi connectivity index (χ1n) is 11.0. The van der Waals surface area contributed by atoms with Crippen LogP contribution >= 0.6 is 0 Å². The first-order valence-corrected chi connectivity index (χ1v) is 11.0. The maximum absolute atomic E-state index is 13.3. The van der Waals surface area contributed by atoms with E-state index in [0.717, 1.165) is 36.2 Å². The lowest BCUT2D eigenvalue weighted by Gasteiger charge is -2.36. The monoisotopic (exact) mass is 404 g/mol. The lowest BCUT2D eigenvalue weighted by Crippen LogP contribution is -2.44. The van der Waals surface area contributed by atoms with Gasteiger partial charge in [0.25, 0.3) is 0 Å². The molecule has 0 saturated heterocycles. The Morgan fingerprint density at radius 3 is 2.38 bits per heavy atom. The average molecular weight is 405 g/mol. The van der Waals surface area contributed by atoms with Gasteiger partial charge < -0.3 is 4.90 Å². The second kappa shape index (κ2) is 9.01. The number of aryl methyl sites for hydroxylation is 1. The van der Waals surface area contributed by atoms with Crippen molar-refractivity contribution in [2.75, 3.05) is 13.1 Å². The van der Waals surface area contributed by atoms with Crippen LogP contribution in [-0.2, 0) is 12.5 Å². The van der Waals surface area contributed by atoms with Crippen LogP contribution in [0.5, 0.6) is 0 Å². The lowest BCUT2D eigenvalue weighted by atomic mass is 9.87. The largest absolute Gasteiger partial charge is 0.359 e. The van der Waals surface area contributed by atoms with Crippen LogP contribution in [0.15, 0.2) is 4.99 Å². The minimum Gasteiger partial charge on any atom is -0.359 e. The molecule has 1 atom stereocenters. The number of ketones is 1. The number of carbonyl (C=O) groups excluding carboxylic acids is 1. The molecule has 2 heterocycles. The molecule has 2 aliphatic rings. The van der Waals surface area contributed by atoms with Gasteiger partial charge in [-0.1, -0.05) is 61.3 Å². The van der Waals surface area contributed by atoms with Crippen molar-refractivity contribution in [3.05, 3.63) is 11.4 Å². The number of carbonyl (C=O) groups is 1. The van der Waals surface area contributed by atoms with Crippen LogP contribution in [-0.4, -0.2) is 39.4 Å². The third kappa shape index (κ3) is 4.92. The molecular weight excluding hydrogens is 360 g/mol. The predicted octanol–water partition coefficient (Wildman–Crippen LogP) is 6.00. The number of aromatic nitrogens is 2. The van der Waals surface area contributed by atoms with Gasteiger partial charge in [-0.15, -0.1) is 0 Å². The summed E-state index contributed by atoms with van der Waals surface area (Å²) in [4.78, 5) is 20.8. The van der Waals surface area contributed by atoms with Crippen LogP contribution in [0.1, 0.15) is 98.7 Å². The minimum absolute atomic E-state index is 0. The zero-order valence-corrected chi connectivity index (χ0v) is 18.9. The number of aliphatic imine (C=N–C) groups is 1. The summed E-state index contributed by atoms with van der Waals surface area (Å²) in [6.45, 7) is 14.9. The van der Waals surface area contributed by atoms with Crippen molar-refractivity contribution in [3.63, 3.8) is 0 Å². The summed E-state index contributed by atoms with van der Waals surface area (Å²) >= 11 is 0. The number of hydrogen-bond donors (Lipinski definition) is 0. The Labute approximate surface area is 179 Å². The third-order valence-electron chi connectivity index (χ3n) is 6.09. The van der Waals surface area contributed by atoms with Crippen molar-refractivity contribution in [1.82, 2.24) is 14.7 Å². The molecule has 1 saturated carbocycles. The van der Waals surface area contributed by atoms with Gasteiger partial charge in [0.1, 0.15) is 17.2 Å². The first kappa shape index (κ1) is 23.6. The molecule has 5 heteroatoms. The van der Waals surface area contributed by atoms with Gasteiger partial charge in [-0.25, -0.2) is 4.99 Å². The van der Waals surface area contributed by atoms with Crippen molar-refractivity contribution >= 4 is 17.3 Å².